The van der Waals surface area contributed by atoms with Crippen molar-refractivity contribution in [2.45, 2.75) is 160 Å². The molecule has 24 nitrogen and oxygen atoms in total. The Morgan fingerprint density at radius 2 is 0.635 bits per heavy atom. The number of ether oxygens (including phenoxy) is 4. The molecule has 0 fully saturated rings. The summed E-state index contributed by atoms with van der Waals surface area (Å²) in [6.45, 7) is 17.1. The van der Waals surface area contributed by atoms with Crippen LogP contribution in [-0.4, -0.2) is 147 Å². The largest absolute Gasteiger partial charge is 0.488 e. The molecule has 786 valence electrons. The van der Waals surface area contributed by atoms with Gasteiger partial charge in [0.1, 0.15) is 94.5 Å². The lowest BCUT2D eigenvalue weighted by molar-refractivity contribution is -0.519. The van der Waals surface area contributed by atoms with Gasteiger partial charge in [-0.15, -0.1) is 0 Å². The van der Waals surface area contributed by atoms with E-state index in [1.807, 2.05) is 91.0 Å². The molecule has 44 heteroatoms. The Labute approximate surface area is 856 Å². The minimum absolute atomic E-state index is 0.0117. The smallest absolute Gasteiger partial charge is 0.456 e. The minimum atomic E-state index is -5.50. The number of pyridine rings is 4. The molecule has 0 spiro atoms. The molecular formula is C104H100ClF15N10O14S4. The van der Waals surface area contributed by atoms with Gasteiger partial charge in [-0.05, 0) is 202 Å². The van der Waals surface area contributed by atoms with Gasteiger partial charge in [-0.25, -0.2) is 68.8 Å². The number of hydrogen-bond donors (Lipinski definition) is 7. The third-order valence-corrected chi connectivity index (χ3v) is 30.0. The Balaban J connectivity index is 0.000000176. The molecule has 11 aromatic rings. The lowest BCUT2D eigenvalue weighted by Gasteiger charge is -2.32. The molecule has 8 heterocycles. The zero-order valence-corrected chi connectivity index (χ0v) is 85.0. The summed E-state index contributed by atoms with van der Waals surface area (Å²) in [5.41, 5.74) is -7.14. The van der Waals surface area contributed by atoms with Crippen LogP contribution < -0.4 is 43.6 Å². The van der Waals surface area contributed by atoms with Gasteiger partial charge in [-0.2, -0.15) is 52.7 Å². The fraction of sp³-hybridized carbons (Fsp3) is 0.308. The number of carbonyl (C=O) groups excluding carboxylic acids is 2. The van der Waals surface area contributed by atoms with E-state index in [-0.39, 0.29) is 111 Å². The average Bonchev–Trinajstić information content (AvgIpc) is 1.56. The zero-order chi connectivity index (χ0) is 109. The number of fused-ring (bicyclic) bond motifs is 4. The van der Waals surface area contributed by atoms with Crippen molar-refractivity contribution in [2.24, 2.45) is 5.73 Å². The van der Waals surface area contributed by atoms with Gasteiger partial charge in [0.2, 0.25) is 12.1 Å². The monoisotopic (exact) mass is 2160 g/mol. The summed E-state index contributed by atoms with van der Waals surface area (Å²) in [5.74, 6) is -5.73. The number of nitrogens with two attached hydrogens (primary N) is 1. The van der Waals surface area contributed by atoms with Crippen molar-refractivity contribution in [2.75, 3.05) is 39.5 Å². The summed E-state index contributed by atoms with van der Waals surface area (Å²) in [5, 5.41) is 32.5. The summed E-state index contributed by atoms with van der Waals surface area (Å²) in [6, 6.07) is 54.9. The maximum Gasteiger partial charge on any atom is 0.456 e. The van der Waals surface area contributed by atoms with E-state index in [0.717, 1.165) is 82.9 Å². The molecule has 7 aromatic carbocycles. The van der Waals surface area contributed by atoms with Crippen LogP contribution in [0.15, 0.2) is 243 Å². The second-order valence-electron chi connectivity index (χ2n) is 38.4. The van der Waals surface area contributed by atoms with E-state index in [2.05, 4.69) is 38.8 Å². The highest BCUT2D eigenvalue weighted by Crippen LogP contribution is 2.53. The number of nitrogens with zero attached hydrogens (tertiary/aromatic N) is 5. The van der Waals surface area contributed by atoms with Crippen LogP contribution in [0.3, 0.4) is 0 Å². The summed E-state index contributed by atoms with van der Waals surface area (Å²) in [7, 11) is -6.78. The van der Waals surface area contributed by atoms with Crippen LogP contribution in [0, 0.1) is 27.6 Å². The number of aliphatic hydroxyl groups is 2. The first-order valence-corrected chi connectivity index (χ1v) is 49.9. The second-order valence-corrected chi connectivity index (χ2v) is 46.6. The number of halogens is 16. The van der Waals surface area contributed by atoms with Gasteiger partial charge in [0.05, 0.1) is 74.3 Å². The summed E-state index contributed by atoms with van der Waals surface area (Å²) < 4.78 is 291. The van der Waals surface area contributed by atoms with Crippen molar-refractivity contribution < 1.29 is 126 Å². The fourth-order valence-electron chi connectivity index (χ4n) is 14.8. The van der Waals surface area contributed by atoms with Crippen LogP contribution in [0.1, 0.15) is 160 Å². The predicted molar refractivity (Wildman–Crippen MR) is 534 cm³/mol. The number of nitrogens with one attached hydrogen (secondary N) is 4. The molecule has 0 bridgehead atoms. The fourth-order valence-corrected chi connectivity index (χ4v) is 18.5. The Bertz CT molecular complexity index is 6950. The zero-order valence-electron chi connectivity index (χ0n) is 80.9. The van der Waals surface area contributed by atoms with E-state index < -0.39 is 191 Å². The first-order valence-electron chi connectivity index (χ1n) is 45.0. The number of hydrogen-bond acceptors (Lipinski definition) is 19. The van der Waals surface area contributed by atoms with Crippen molar-refractivity contribution in [3.8, 4) is 56.8 Å². The molecule has 4 aliphatic heterocycles. The molecule has 10 atom stereocenters. The van der Waals surface area contributed by atoms with E-state index in [9.17, 15) is 113 Å². The van der Waals surface area contributed by atoms with Crippen molar-refractivity contribution in [1.29, 1.82) is 0 Å². The Morgan fingerprint density at radius 3 is 0.885 bits per heavy atom. The van der Waals surface area contributed by atoms with Crippen molar-refractivity contribution in [1.82, 2.24) is 38.8 Å². The molecule has 15 rings (SSSR count). The van der Waals surface area contributed by atoms with Gasteiger partial charge < -0.3 is 34.9 Å². The van der Waals surface area contributed by atoms with Gasteiger partial charge in [0.25, 0.3) is 17.2 Å². The summed E-state index contributed by atoms with van der Waals surface area (Å²) in [4.78, 5) is 49.8. The van der Waals surface area contributed by atoms with Crippen LogP contribution in [0.4, 0.5) is 65.9 Å². The van der Waals surface area contributed by atoms with Crippen LogP contribution in [0.2, 0.25) is 5.15 Å². The number of carbonyl (C=O) groups is 2. The number of alkyl halides is 12. The van der Waals surface area contributed by atoms with Crippen LogP contribution in [-0.2, 0) is 77.3 Å². The van der Waals surface area contributed by atoms with Crippen molar-refractivity contribution >= 4 is 91.4 Å². The van der Waals surface area contributed by atoms with Gasteiger partial charge in [0, 0.05) is 50.4 Å². The molecule has 0 radical (unpaired) electrons. The first-order chi connectivity index (χ1) is 68.9. The Hall–Kier alpha value is -12.4. The number of ketones is 2. The minimum Gasteiger partial charge on any atom is -0.488 e. The molecule has 4 aliphatic rings. The predicted octanol–water partition coefficient (Wildman–Crippen LogP) is 21.0. The highest BCUT2D eigenvalue weighted by Gasteiger charge is 2.62. The van der Waals surface area contributed by atoms with Crippen molar-refractivity contribution in [3.05, 3.63) is 343 Å². The standard InChI is InChI=1S/C28H27F4N3O5S.C28H29F4N3O3S.C27H24F4N2O3S.C21H20ClF3N2O3S/c1-25(2,3)41(39)34-26(14-13-18-7-5-4-6-8-18)17-40-24-21(26)15-22(27(36,16-35(37)38)28(30,31)32)33-23(24)19-9-11-20(29)12-10-19;1-25(2,3)39(37)35-26(14-13-18-7-5-4-6-8-18)17-38-24-21(26)15-22(27(36,16-33)28(30,31)32)34-23(24)19-9-11-20(29)12-10-19;1-25(2,3)37(35)33-26(14-13-17-7-5-4-6-8-17)16-36-23-20(26)15-21(24(34)27(29,30)31)32-22(23)18-9-11-19(28)12-10-18;1-19(2,3)31(29)27-20(10-9-13-7-5-4-6-8-13)12-30-16-14(20)11-15(26-18(16)22)17(28)21(23,24)25/h4-15,34,36H,16-17H2,1-3H3;4-15,35-36H,16-17,33H2,1-3H3;4-15,33H,16H2,1-3H3;4-11,27H,12H2,1-3H3/b3*14-13+;10-9+. The highest BCUT2D eigenvalue weighted by atomic mass is 35.5. The van der Waals surface area contributed by atoms with Gasteiger partial charge in [-0.3, -0.25) is 19.7 Å². The normalized spacial score (nSPS) is 19.4. The second kappa shape index (κ2) is 44.4. The SMILES string of the molecule is CC(C)(C)S(=O)NC1(/C=C/c2ccccc2)COc2c1cc(C(=O)C(F)(F)F)nc2-c1ccc(F)cc1.CC(C)(C)S(=O)NC1(/C=C/c2ccccc2)COc2c1cc(C(=O)C(F)(F)F)nc2Cl.CC(C)(C)S(=O)NC1(/C=C/c2ccccc2)COc2c1cc(C(O)(CN)C(F)(F)F)nc2-c1ccc(F)cc1.CC(C)(C)S(=O)NC1(/C=C/c2ccccc2)COc2c1cc(C(O)(C[N+](=O)[O-])C(F)(F)F)nc2-c1ccc(F)cc1. The Kier molecular flexibility index (Phi) is 34.3. The Morgan fingerprint density at radius 1 is 0.392 bits per heavy atom. The lowest BCUT2D eigenvalue weighted by atomic mass is 9.87. The van der Waals surface area contributed by atoms with E-state index in [0.29, 0.717) is 0 Å². The van der Waals surface area contributed by atoms with E-state index >= 15 is 0 Å². The first kappa shape index (κ1) is 114. The molecule has 4 aromatic heterocycles. The van der Waals surface area contributed by atoms with Crippen LogP contribution >= 0.6 is 11.6 Å². The molecule has 0 aliphatic carbocycles. The molecule has 10 unspecified atom stereocenters. The molecule has 0 amide bonds. The molecule has 8 N–H and O–H groups in total. The molecular weight excluding hydrogens is 2060 g/mol. The lowest BCUT2D eigenvalue weighted by Crippen LogP contribution is -2.50. The average molecular weight is 2160 g/mol. The summed E-state index contributed by atoms with van der Waals surface area (Å²) >= 11 is 6.06. The third kappa shape index (κ3) is 26.2. The van der Waals surface area contributed by atoms with Crippen LogP contribution in [0.5, 0.6) is 23.0 Å². The highest BCUT2D eigenvalue weighted by molar-refractivity contribution is 7.85. The molecule has 0 saturated carbocycles. The maximum atomic E-state index is 14.3. The topological polar surface area (TPSA) is 349 Å². The van der Waals surface area contributed by atoms with Crippen LogP contribution in [0.25, 0.3) is 58.1 Å². The van der Waals surface area contributed by atoms with Crippen molar-refractivity contribution in [3.63, 3.8) is 0 Å². The third-order valence-electron chi connectivity index (χ3n) is 23.1. The number of rotatable bonds is 26. The van der Waals surface area contributed by atoms with Gasteiger partial charge >= 0.3 is 24.7 Å². The maximum absolute atomic E-state index is 14.3. The van der Waals surface area contributed by atoms with Gasteiger partial charge in [-0.1, -0.05) is 182 Å². The number of Topliss-reactive ketones (excluding diaryl/α,β-unsaturated/α-hetero) is 2. The molecule has 0 saturated heterocycles. The number of aromatic nitrogens is 4. The summed E-state index contributed by atoms with van der Waals surface area (Å²) in [6.07, 6.45) is -7.53. The van der Waals surface area contributed by atoms with Gasteiger partial charge in [0.15, 0.2) is 28.2 Å². The number of nitro groups is 1. The van der Waals surface area contributed by atoms with E-state index in [1.54, 1.807) is 162 Å². The van der Waals surface area contributed by atoms with E-state index in [1.165, 1.54) is 36.4 Å². The number of benzene rings is 7. The quantitative estimate of drug-likeness (QED) is 0.00870. The van der Waals surface area contributed by atoms with E-state index in [4.69, 9.17) is 36.3 Å². The molecule has 148 heavy (non-hydrogen) atoms.